The van der Waals surface area contributed by atoms with Crippen molar-refractivity contribution >= 4 is 29.2 Å². The maximum Gasteiger partial charge on any atom is 0.262 e. The summed E-state index contributed by atoms with van der Waals surface area (Å²) in [6.07, 6.45) is 5.30. The minimum atomic E-state index is -0.688. The molecule has 3 fully saturated rings. The molecule has 0 unspecified atom stereocenters. The van der Waals surface area contributed by atoms with Gasteiger partial charge in [-0.3, -0.25) is 19.2 Å². The fourth-order valence-electron chi connectivity index (χ4n) is 5.31. The molecule has 1 aromatic carbocycles. The first-order valence-corrected chi connectivity index (χ1v) is 11.3. The normalized spacial score (nSPS) is 26.1. The van der Waals surface area contributed by atoms with Crippen LogP contribution in [0.3, 0.4) is 0 Å². The number of nitrogens with one attached hydrogen (secondary N) is 2. The molecule has 3 amide bonds. The highest BCUT2D eigenvalue weighted by atomic mass is 16.5. The molecule has 2 saturated heterocycles. The molecule has 9 heteroatoms. The van der Waals surface area contributed by atoms with E-state index in [1.807, 2.05) is 0 Å². The summed E-state index contributed by atoms with van der Waals surface area (Å²) in [6.45, 7) is 0.408. The number of ketones is 1. The van der Waals surface area contributed by atoms with Gasteiger partial charge in [-0.15, -0.1) is 0 Å². The molecule has 170 valence electrons. The van der Waals surface area contributed by atoms with Crippen molar-refractivity contribution < 1.29 is 28.7 Å². The number of anilines is 1. The van der Waals surface area contributed by atoms with Gasteiger partial charge in [-0.2, -0.15) is 0 Å². The van der Waals surface area contributed by atoms with E-state index >= 15 is 0 Å². The third-order valence-electron chi connectivity index (χ3n) is 6.95. The number of benzene rings is 1. The maximum atomic E-state index is 13.6. The lowest BCUT2D eigenvalue weighted by Gasteiger charge is -2.34. The first-order valence-electron chi connectivity index (χ1n) is 11.3. The van der Waals surface area contributed by atoms with Crippen LogP contribution in [0.4, 0.5) is 5.69 Å². The number of amides is 3. The summed E-state index contributed by atoms with van der Waals surface area (Å²) >= 11 is 0. The van der Waals surface area contributed by atoms with Crippen molar-refractivity contribution in [3.05, 3.63) is 23.8 Å². The van der Waals surface area contributed by atoms with E-state index in [9.17, 15) is 19.2 Å². The van der Waals surface area contributed by atoms with Crippen LogP contribution in [0.25, 0.3) is 0 Å². The van der Waals surface area contributed by atoms with E-state index in [0.29, 0.717) is 30.0 Å². The van der Waals surface area contributed by atoms with Crippen molar-refractivity contribution in [1.82, 2.24) is 10.2 Å². The smallest absolute Gasteiger partial charge is 0.262 e. The summed E-state index contributed by atoms with van der Waals surface area (Å²) in [5.41, 5.74) is 0.869. The number of Topliss-reactive ketones (excluding diaryl/α,β-unsaturated/α-hetero) is 1. The zero-order chi connectivity index (χ0) is 22.2. The lowest BCUT2D eigenvalue weighted by molar-refractivity contribution is -0.139. The molecule has 2 N–H and O–H groups in total. The van der Waals surface area contributed by atoms with Crippen molar-refractivity contribution in [2.45, 2.75) is 56.7 Å². The highest BCUT2D eigenvalue weighted by molar-refractivity contribution is 6.01. The first-order chi connectivity index (χ1) is 15.5. The molecule has 9 nitrogen and oxygen atoms in total. The molecule has 3 aliphatic heterocycles. The van der Waals surface area contributed by atoms with Crippen molar-refractivity contribution in [1.29, 1.82) is 0 Å². The highest BCUT2D eigenvalue weighted by Gasteiger charge is 2.49. The number of nitrogens with zero attached hydrogens (tertiary/aromatic N) is 1. The van der Waals surface area contributed by atoms with E-state index in [1.54, 1.807) is 23.1 Å². The van der Waals surface area contributed by atoms with E-state index in [0.717, 1.165) is 32.1 Å². The predicted octanol–water partition coefficient (Wildman–Crippen LogP) is 1.26. The Morgan fingerprint density at radius 3 is 2.72 bits per heavy atom. The molecule has 0 radical (unpaired) electrons. The van der Waals surface area contributed by atoms with Crippen LogP contribution in [0.5, 0.6) is 5.75 Å². The summed E-state index contributed by atoms with van der Waals surface area (Å²) in [4.78, 5) is 52.2. The average Bonchev–Trinajstić information content (AvgIpc) is 3.40. The SMILES string of the molecule is O=C1COc2cc(C(=O)N[C@H](C(=O)N3CC[C@H]4OCC(=O)[C@H]43)C3CCCCC3)ccc2N1. The molecular weight excluding hydrogens is 414 g/mol. The Labute approximate surface area is 185 Å². The van der Waals surface area contributed by atoms with Crippen molar-refractivity contribution in [3.8, 4) is 5.75 Å². The van der Waals surface area contributed by atoms with Gasteiger partial charge in [-0.25, -0.2) is 0 Å². The van der Waals surface area contributed by atoms with Gasteiger partial charge in [-0.05, 0) is 43.4 Å². The van der Waals surface area contributed by atoms with E-state index in [1.165, 1.54) is 0 Å². The zero-order valence-corrected chi connectivity index (χ0v) is 17.8. The van der Waals surface area contributed by atoms with Gasteiger partial charge >= 0.3 is 0 Å². The van der Waals surface area contributed by atoms with Crippen LogP contribution in [0.15, 0.2) is 18.2 Å². The molecule has 3 atom stereocenters. The third-order valence-corrected chi connectivity index (χ3v) is 6.95. The van der Waals surface area contributed by atoms with Crippen LogP contribution in [0, 0.1) is 5.92 Å². The van der Waals surface area contributed by atoms with Crippen LogP contribution < -0.4 is 15.4 Å². The van der Waals surface area contributed by atoms with E-state index < -0.39 is 12.1 Å². The van der Waals surface area contributed by atoms with Crippen molar-refractivity contribution in [2.75, 3.05) is 25.1 Å². The summed E-state index contributed by atoms with van der Waals surface area (Å²) in [5.74, 6) is -0.422. The number of hydrogen-bond acceptors (Lipinski definition) is 6. The standard InChI is InChI=1S/C23H27N3O6/c27-16-11-31-17-8-9-26(21(16)17)23(30)20(13-4-2-1-3-5-13)25-22(29)14-6-7-15-18(10-14)32-12-19(28)24-15/h6-7,10,13,17,20-21H,1-5,8-9,11-12H2,(H,24,28)(H,25,29)/t17-,20+,21-/m1/s1. The van der Waals surface area contributed by atoms with Gasteiger partial charge in [0.05, 0.1) is 11.8 Å². The minimum Gasteiger partial charge on any atom is -0.482 e. The van der Waals surface area contributed by atoms with Crippen LogP contribution >= 0.6 is 0 Å². The van der Waals surface area contributed by atoms with Crippen LogP contribution in [-0.2, 0) is 19.1 Å². The van der Waals surface area contributed by atoms with E-state index in [2.05, 4.69) is 10.6 Å². The molecular formula is C23H27N3O6. The second-order valence-corrected chi connectivity index (χ2v) is 8.98. The Morgan fingerprint density at radius 2 is 1.91 bits per heavy atom. The third kappa shape index (κ3) is 3.85. The van der Waals surface area contributed by atoms with Gasteiger partial charge in [-0.1, -0.05) is 19.3 Å². The Bertz CT molecular complexity index is 957. The van der Waals surface area contributed by atoms with E-state index in [4.69, 9.17) is 9.47 Å². The van der Waals surface area contributed by atoms with Crippen LogP contribution in [0.1, 0.15) is 48.9 Å². The largest absolute Gasteiger partial charge is 0.482 e. The number of carbonyl (C=O) groups is 4. The second kappa shape index (κ2) is 8.54. The molecule has 1 aliphatic carbocycles. The fourth-order valence-corrected chi connectivity index (χ4v) is 5.31. The molecule has 5 rings (SSSR count). The fraction of sp³-hybridized carbons (Fsp3) is 0.565. The molecule has 3 heterocycles. The number of hydrogen-bond donors (Lipinski definition) is 2. The van der Waals surface area contributed by atoms with Gasteiger partial charge in [0.1, 0.15) is 24.4 Å². The summed E-state index contributed by atoms with van der Waals surface area (Å²) < 4.78 is 10.9. The number of carbonyl (C=O) groups excluding carboxylic acids is 4. The van der Waals surface area contributed by atoms with Crippen molar-refractivity contribution in [3.63, 3.8) is 0 Å². The second-order valence-electron chi connectivity index (χ2n) is 8.98. The Kier molecular flexibility index (Phi) is 5.58. The summed E-state index contributed by atoms with van der Waals surface area (Å²) in [7, 11) is 0. The number of fused-ring (bicyclic) bond motifs is 2. The molecule has 1 saturated carbocycles. The molecule has 0 aromatic heterocycles. The Morgan fingerprint density at radius 1 is 1.09 bits per heavy atom. The monoisotopic (exact) mass is 441 g/mol. The molecule has 0 spiro atoms. The van der Waals surface area contributed by atoms with Gasteiger partial charge < -0.3 is 25.0 Å². The molecule has 4 aliphatic rings. The van der Waals surface area contributed by atoms with E-state index in [-0.39, 0.29) is 48.7 Å². The molecule has 32 heavy (non-hydrogen) atoms. The quantitative estimate of drug-likeness (QED) is 0.727. The summed E-state index contributed by atoms with van der Waals surface area (Å²) in [5, 5.41) is 5.66. The predicted molar refractivity (Wildman–Crippen MR) is 113 cm³/mol. The number of rotatable bonds is 4. The number of likely N-dealkylation sites (tertiary alicyclic amines) is 1. The first kappa shape index (κ1) is 20.9. The minimum absolute atomic E-state index is 0.0323. The topological polar surface area (TPSA) is 114 Å². The van der Waals surface area contributed by atoms with Gasteiger partial charge in [0, 0.05) is 12.1 Å². The number of ether oxygens (including phenoxy) is 2. The van der Waals surface area contributed by atoms with Crippen LogP contribution in [-0.4, -0.2) is 66.4 Å². The van der Waals surface area contributed by atoms with Crippen molar-refractivity contribution in [2.24, 2.45) is 5.92 Å². The zero-order valence-electron chi connectivity index (χ0n) is 17.8. The van der Waals surface area contributed by atoms with Gasteiger partial charge in [0.25, 0.3) is 11.8 Å². The van der Waals surface area contributed by atoms with Gasteiger partial charge in [0.2, 0.25) is 5.91 Å². The van der Waals surface area contributed by atoms with Gasteiger partial charge in [0.15, 0.2) is 12.4 Å². The maximum absolute atomic E-state index is 13.6. The lowest BCUT2D eigenvalue weighted by atomic mass is 9.83. The average molecular weight is 441 g/mol. The Hall–Kier alpha value is -2.94. The highest BCUT2D eigenvalue weighted by Crippen LogP contribution is 2.33. The molecule has 1 aromatic rings. The Balaban J connectivity index is 1.36. The van der Waals surface area contributed by atoms with Crippen LogP contribution in [0.2, 0.25) is 0 Å². The molecule has 0 bridgehead atoms. The summed E-state index contributed by atoms with van der Waals surface area (Å²) in [6, 6.07) is 3.58. The lowest BCUT2D eigenvalue weighted by Crippen LogP contribution is -2.55.